The number of rotatable bonds is 6. The quantitative estimate of drug-likeness (QED) is 0.475. The minimum absolute atomic E-state index is 0.361. The molecule has 3 aromatic heterocycles. The van der Waals surface area contributed by atoms with Crippen LogP contribution in [0.2, 0.25) is 0 Å². The highest BCUT2D eigenvalue weighted by Crippen LogP contribution is 2.32. The largest absolute Gasteiger partial charge is 0.350 e. The molecule has 0 bridgehead atoms. The van der Waals surface area contributed by atoms with Crippen molar-refractivity contribution in [1.29, 1.82) is 0 Å². The van der Waals surface area contributed by atoms with Gasteiger partial charge < -0.3 is 5.32 Å². The maximum atomic E-state index is 4.99. The van der Waals surface area contributed by atoms with Crippen LogP contribution in [0.1, 0.15) is 74.7 Å². The zero-order valence-electron chi connectivity index (χ0n) is 18.2. The average molecular weight is 416 g/mol. The van der Waals surface area contributed by atoms with Gasteiger partial charge in [-0.05, 0) is 36.5 Å². The molecule has 3 heterocycles. The van der Waals surface area contributed by atoms with Gasteiger partial charge in [-0.15, -0.1) is 0 Å². The Hall–Kier alpha value is -3.22. The molecule has 1 fully saturated rings. The van der Waals surface area contributed by atoms with Crippen LogP contribution in [-0.4, -0.2) is 29.4 Å². The predicted octanol–water partition coefficient (Wildman–Crippen LogP) is 5.09. The lowest BCUT2D eigenvalue weighted by molar-refractivity contribution is 0.428. The lowest BCUT2D eigenvalue weighted by Crippen LogP contribution is -2.15. The van der Waals surface area contributed by atoms with Crippen LogP contribution in [0.4, 0.5) is 5.95 Å². The van der Waals surface area contributed by atoms with Gasteiger partial charge in [0, 0.05) is 30.4 Å². The molecular weight excluding hydrogens is 386 g/mol. The number of hydrogen-bond acceptors (Lipinski definition) is 5. The number of anilines is 1. The zero-order chi connectivity index (χ0) is 21.2. The van der Waals surface area contributed by atoms with E-state index in [0.29, 0.717) is 18.4 Å². The molecule has 0 radical (unpaired) electrons. The van der Waals surface area contributed by atoms with Gasteiger partial charge in [-0.3, -0.25) is 0 Å². The highest BCUT2D eigenvalue weighted by molar-refractivity contribution is 5.53. The Labute approximate surface area is 182 Å². The van der Waals surface area contributed by atoms with Gasteiger partial charge in [0.15, 0.2) is 5.65 Å². The smallest absolute Gasteiger partial charge is 0.227 e. The first kappa shape index (κ1) is 19.7. The third-order valence-electron chi connectivity index (χ3n) is 6.18. The van der Waals surface area contributed by atoms with Crippen LogP contribution in [0.15, 0.2) is 48.9 Å². The molecule has 0 spiro atoms. The monoisotopic (exact) mass is 415 g/mol. The molecule has 1 saturated carbocycles. The molecule has 7 heteroatoms. The van der Waals surface area contributed by atoms with Crippen molar-refractivity contribution in [2.24, 2.45) is 0 Å². The number of nitrogens with one attached hydrogen (secondary N) is 1. The summed E-state index contributed by atoms with van der Waals surface area (Å²) < 4.78 is 3.75. The Morgan fingerprint density at radius 1 is 1.03 bits per heavy atom. The summed E-state index contributed by atoms with van der Waals surface area (Å²) in [7, 11) is 0. The highest BCUT2D eigenvalue weighted by atomic mass is 15.3. The van der Waals surface area contributed by atoms with Crippen molar-refractivity contribution >= 4 is 11.6 Å². The fraction of sp³-hybridized carbons (Fsp3) is 0.417. The molecule has 7 nitrogen and oxygen atoms in total. The second-order valence-electron chi connectivity index (χ2n) is 8.66. The summed E-state index contributed by atoms with van der Waals surface area (Å²) in [5.74, 6) is 2.51. The first-order chi connectivity index (χ1) is 15.2. The number of fused-ring (bicyclic) bond motifs is 1. The lowest BCUT2D eigenvalue weighted by atomic mass is 9.89. The van der Waals surface area contributed by atoms with E-state index in [1.807, 2.05) is 33.7 Å². The van der Waals surface area contributed by atoms with Crippen molar-refractivity contribution in [3.8, 4) is 5.69 Å². The molecule has 0 atom stereocenters. The second kappa shape index (κ2) is 8.49. The summed E-state index contributed by atoms with van der Waals surface area (Å²) >= 11 is 0. The zero-order valence-corrected chi connectivity index (χ0v) is 18.2. The summed E-state index contributed by atoms with van der Waals surface area (Å²) in [6.45, 7) is 5.00. The maximum absolute atomic E-state index is 4.99. The lowest BCUT2D eigenvalue weighted by Gasteiger charge is -2.21. The van der Waals surface area contributed by atoms with Crippen molar-refractivity contribution in [3.05, 3.63) is 65.9 Å². The predicted molar refractivity (Wildman–Crippen MR) is 122 cm³/mol. The molecule has 31 heavy (non-hydrogen) atoms. The van der Waals surface area contributed by atoms with Crippen molar-refractivity contribution in [1.82, 2.24) is 29.4 Å². The van der Waals surface area contributed by atoms with Gasteiger partial charge >= 0.3 is 0 Å². The molecular formula is C24H29N7. The number of hydrogen-bond donors (Lipinski definition) is 1. The van der Waals surface area contributed by atoms with Crippen LogP contribution >= 0.6 is 0 Å². The molecule has 1 N–H and O–H groups in total. The van der Waals surface area contributed by atoms with E-state index in [4.69, 9.17) is 9.97 Å². The molecule has 0 saturated heterocycles. The van der Waals surface area contributed by atoms with E-state index in [0.717, 1.165) is 28.7 Å². The van der Waals surface area contributed by atoms with E-state index < -0.39 is 0 Å². The standard InChI is InChI=1S/C24H29N7/c1-17(2)20-16-27-31-23(20)28-22(18-9-4-3-5-10-18)29-24(31)25-15-19-11-6-7-12-21(19)30-14-8-13-26-30/h6-8,11-14,16-18H,3-5,9-10,15H2,1-2H3,(H,25,28,29). The normalized spacial score (nSPS) is 15.1. The first-order valence-electron chi connectivity index (χ1n) is 11.3. The minimum Gasteiger partial charge on any atom is -0.350 e. The Bertz CT molecular complexity index is 1150. The van der Waals surface area contributed by atoms with E-state index in [9.17, 15) is 0 Å². The van der Waals surface area contributed by atoms with Crippen LogP contribution in [0, 0.1) is 0 Å². The number of nitrogens with zero attached hydrogens (tertiary/aromatic N) is 6. The van der Waals surface area contributed by atoms with Crippen LogP contribution in [-0.2, 0) is 6.54 Å². The van der Waals surface area contributed by atoms with Gasteiger partial charge in [0.1, 0.15) is 5.82 Å². The van der Waals surface area contributed by atoms with Crippen molar-refractivity contribution in [2.75, 3.05) is 5.32 Å². The molecule has 5 rings (SSSR count). The van der Waals surface area contributed by atoms with Crippen LogP contribution < -0.4 is 5.32 Å². The topological polar surface area (TPSA) is 72.9 Å². The fourth-order valence-corrected chi connectivity index (χ4v) is 4.45. The molecule has 1 aliphatic rings. The SMILES string of the molecule is CC(C)c1cnn2c(NCc3ccccc3-n3cccn3)nc(C3CCCCC3)nc12. The van der Waals surface area contributed by atoms with Crippen molar-refractivity contribution < 1.29 is 0 Å². The highest BCUT2D eigenvalue weighted by Gasteiger charge is 2.22. The molecule has 0 unspecified atom stereocenters. The van der Waals surface area contributed by atoms with Crippen LogP contribution in [0.25, 0.3) is 11.3 Å². The maximum Gasteiger partial charge on any atom is 0.227 e. The van der Waals surface area contributed by atoms with E-state index in [-0.39, 0.29) is 0 Å². The molecule has 1 aliphatic carbocycles. The summed E-state index contributed by atoms with van der Waals surface area (Å²) in [6, 6.07) is 10.2. The first-order valence-corrected chi connectivity index (χ1v) is 11.3. The number of benzene rings is 1. The van der Waals surface area contributed by atoms with Crippen molar-refractivity contribution in [2.45, 2.75) is 64.3 Å². The Balaban J connectivity index is 1.51. The van der Waals surface area contributed by atoms with Gasteiger partial charge in [0.05, 0.1) is 11.9 Å². The van der Waals surface area contributed by atoms with E-state index in [2.05, 4.69) is 47.6 Å². The molecule has 1 aromatic carbocycles. The molecule has 4 aromatic rings. The third kappa shape index (κ3) is 3.92. The summed E-state index contributed by atoms with van der Waals surface area (Å²) in [6.07, 6.45) is 11.9. The van der Waals surface area contributed by atoms with Gasteiger partial charge in [-0.2, -0.15) is 19.7 Å². The molecule has 0 aliphatic heterocycles. The summed E-state index contributed by atoms with van der Waals surface area (Å²) in [4.78, 5) is 9.95. The minimum atomic E-state index is 0.361. The van der Waals surface area contributed by atoms with E-state index >= 15 is 0 Å². The van der Waals surface area contributed by atoms with Crippen LogP contribution in [0.3, 0.4) is 0 Å². The summed E-state index contributed by atoms with van der Waals surface area (Å²) in [5.41, 5.74) is 4.29. The fourth-order valence-electron chi connectivity index (χ4n) is 4.45. The van der Waals surface area contributed by atoms with Gasteiger partial charge in [-0.25, -0.2) is 9.67 Å². The molecule has 160 valence electrons. The van der Waals surface area contributed by atoms with E-state index in [1.54, 1.807) is 6.20 Å². The average Bonchev–Trinajstić information content (AvgIpc) is 3.48. The number of para-hydroxylation sites is 1. The van der Waals surface area contributed by atoms with Gasteiger partial charge in [0.25, 0.3) is 0 Å². The Morgan fingerprint density at radius 2 is 1.87 bits per heavy atom. The second-order valence-corrected chi connectivity index (χ2v) is 8.66. The Morgan fingerprint density at radius 3 is 2.65 bits per heavy atom. The van der Waals surface area contributed by atoms with Crippen molar-refractivity contribution in [3.63, 3.8) is 0 Å². The Kier molecular flexibility index (Phi) is 5.40. The number of aromatic nitrogens is 6. The molecule has 0 amide bonds. The summed E-state index contributed by atoms with van der Waals surface area (Å²) in [5, 5.41) is 12.6. The van der Waals surface area contributed by atoms with Crippen LogP contribution in [0.5, 0.6) is 0 Å². The van der Waals surface area contributed by atoms with E-state index in [1.165, 1.54) is 37.7 Å². The van der Waals surface area contributed by atoms with Gasteiger partial charge in [-0.1, -0.05) is 51.3 Å². The third-order valence-corrected chi connectivity index (χ3v) is 6.18. The van der Waals surface area contributed by atoms with Gasteiger partial charge in [0.2, 0.25) is 5.95 Å².